The minimum absolute atomic E-state index is 0.330. The Labute approximate surface area is 175 Å². The molecule has 0 aliphatic carbocycles. The van der Waals surface area contributed by atoms with Crippen LogP contribution < -0.4 is 4.72 Å². The van der Waals surface area contributed by atoms with Crippen molar-refractivity contribution in [2.24, 2.45) is 0 Å². The monoisotopic (exact) mass is 459 g/mol. The van der Waals surface area contributed by atoms with Crippen molar-refractivity contribution in [2.45, 2.75) is 102 Å². The number of sulfonamides is 1. The number of halogens is 1. The smallest absolute Gasteiger partial charge is 0.211 e. The fraction of sp³-hybridized carbons (Fsp3) is 0.727. The van der Waals surface area contributed by atoms with E-state index in [0.29, 0.717) is 11.4 Å². The van der Waals surface area contributed by atoms with Crippen LogP contribution in [0.5, 0.6) is 0 Å². The molecule has 0 bridgehead atoms. The fourth-order valence-electron chi connectivity index (χ4n) is 3.22. The summed E-state index contributed by atoms with van der Waals surface area (Å²) in [6.45, 7) is 2.79. The van der Waals surface area contributed by atoms with Gasteiger partial charge in [0.1, 0.15) is 0 Å². The van der Waals surface area contributed by atoms with E-state index in [1.807, 2.05) is 0 Å². The molecule has 0 aliphatic heterocycles. The van der Waals surface area contributed by atoms with Crippen LogP contribution >= 0.6 is 15.9 Å². The molecule has 0 atom stereocenters. The van der Waals surface area contributed by atoms with Crippen LogP contribution in [0.2, 0.25) is 0 Å². The highest BCUT2D eigenvalue weighted by Gasteiger charge is 2.12. The third-order valence-corrected chi connectivity index (χ3v) is 6.95. The summed E-state index contributed by atoms with van der Waals surface area (Å²) in [5.74, 6) is 0. The van der Waals surface area contributed by atoms with E-state index in [9.17, 15) is 8.42 Å². The summed E-state index contributed by atoms with van der Waals surface area (Å²) in [7, 11) is -3.37. The summed E-state index contributed by atoms with van der Waals surface area (Å²) >= 11 is 3.32. The number of hydrogen-bond donors (Lipinski definition) is 1. The highest BCUT2D eigenvalue weighted by Crippen LogP contribution is 2.15. The second kappa shape index (κ2) is 15.5. The van der Waals surface area contributed by atoms with Crippen LogP contribution in [-0.4, -0.2) is 15.0 Å². The van der Waals surface area contributed by atoms with Gasteiger partial charge in [0.25, 0.3) is 0 Å². The van der Waals surface area contributed by atoms with Gasteiger partial charge in [-0.15, -0.1) is 0 Å². The van der Waals surface area contributed by atoms with Crippen LogP contribution in [0.1, 0.15) is 96.8 Å². The predicted molar refractivity (Wildman–Crippen MR) is 120 cm³/mol. The van der Waals surface area contributed by atoms with E-state index >= 15 is 0 Å². The molecule has 0 spiro atoms. The van der Waals surface area contributed by atoms with Gasteiger partial charge in [0.05, 0.1) is 4.90 Å². The van der Waals surface area contributed by atoms with Crippen molar-refractivity contribution in [3.05, 3.63) is 28.7 Å². The van der Waals surface area contributed by atoms with Crippen molar-refractivity contribution >= 4 is 26.0 Å². The van der Waals surface area contributed by atoms with Gasteiger partial charge in [0.2, 0.25) is 10.0 Å². The summed E-state index contributed by atoms with van der Waals surface area (Å²) in [4.78, 5) is 0.330. The van der Waals surface area contributed by atoms with Gasteiger partial charge in [0.15, 0.2) is 0 Å². The van der Waals surface area contributed by atoms with E-state index in [0.717, 1.165) is 17.3 Å². The number of hydrogen-bond acceptors (Lipinski definition) is 2. The fourth-order valence-corrected chi connectivity index (χ4v) is 4.56. The average molecular weight is 461 g/mol. The van der Waals surface area contributed by atoms with Crippen LogP contribution in [0.15, 0.2) is 33.6 Å². The average Bonchev–Trinajstić information content (AvgIpc) is 2.65. The Morgan fingerprint density at radius 2 is 1.11 bits per heavy atom. The Bertz CT molecular complexity index is 572. The SMILES string of the molecule is CCCCCCCCCCCCCCCCNS(=O)(=O)c1ccc(Br)cc1. The molecule has 0 unspecified atom stereocenters. The summed E-state index contributed by atoms with van der Waals surface area (Å²) < 4.78 is 27.9. The first kappa shape index (κ1) is 24.6. The number of unbranched alkanes of at least 4 members (excludes halogenated alkanes) is 13. The minimum atomic E-state index is -3.37. The third kappa shape index (κ3) is 12.6. The highest BCUT2D eigenvalue weighted by atomic mass is 79.9. The molecule has 1 aromatic rings. The van der Waals surface area contributed by atoms with Crippen molar-refractivity contribution in [3.8, 4) is 0 Å². The minimum Gasteiger partial charge on any atom is -0.211 e. The lowest BCUT2D eigenvalue weighted by Gasteiger charge is -2.07. The van der Waals surface area contributed by atoms with Crippen LogP contribution in [0.3, 0.4) is 0 Å². The van der Waals surface area contributed by atoms with E-state index in [4.69, 9.17) is 0 Å². The zero-order valence-electron chi connectivity index (χ0n) is 17.0. The van der Waals surface area contributed by atoms with Gasteiger partial charge in [-0.05, 0) is 30.7 Å². The van der Waals surface area contributed by atoms with E-state index < -0.39 is 10.0 Å². The molecule has 0 aliphatic rings. The second-order valence-electron chi connectivity index (χ2n) is 7.45. The molecule has 1 rings (SSSR count). The van der Waals surface area contributed by atoms with Crippen molar-refractivity contribution < 1.29 is 8.42 Å². The molecule has 0 saturated heterocycles. The molecule has 0 saturated carbocycles. The molecule has 1 aromatic carbocycles. The summed E-state index contributed by atoms with van der Waals surface area (Å²) in [5, 5.41) is 0. The maximum atomic E-state index is 12.2. The topological polar surface area (TPSA) is 46.2 Å². The molecule has 3 nitrogen and oxygen atoms in total. The molecule has 1 N–H and O–H groups in total. The first-order chi connectivity index (χ1) is 13.1. The van der Waals surface area contributed by atoms with Gasteiger partial charge in [-0.1, -0.05) is 106 Å². The third-order valence-electron chi connectivity index (χ3n) is 4.95. The van der Waals surface area contributed by atoms with Crippen LogP contribution in [0, 0.1) is 0 Å². The van der Waals surface area contributed by atoms with Gasteiger partial charge >= 0.3 is 0 Å². The molecule has 156 valence electrons. The van der Waals surface area contributed by atoms with E-state index in [2.05, 4.69) is 27.6 Å². The number of rotatable bonds is 17. The molecule has 27 heavy (non-hydrogen) atoms. The summed E-state index contributed by atoms with van der Waals surface area (Å²) in [6, 6.07) is 6.75. The second-order valence-corrected chi connectivity index (χ2v) is 10.1. The number of benzene rings is 1. The summed E-state index contributed by atoms with van der Waals surface area (Å²) in [5.41, 5.74) is 0. The highest BCUT2D eigenvalue weighted by molar-refractivity contribution is 9.10. The zero-order chi connectivity index (χ0) is 19.8. The van der Waals surface area contributed by atoms with E-state index in [1.54, 1.807) is 24.3 Å². The zero-order valence-corrected chi connectivity index (χ0v) is 19.4. The van der Waals surface area contributed by atoms with Gasteiger partial charge < -0.3 is 0 Å². The van der Waals surface area contributed by atoms with Gasteiger partial charge in [0, 0.05) is 11.0 Å². The Hall–Kier alpha value is -0.390. The quantitative estimate of drug-likeness (QED) is 0.250. The van der Waals surface area contributed by atoms with Crippen molar-refractivity contribution in [1.29, 1.82) is 0 Å². The molecular weight excluding hydrogens is 422 g/mol. The van der Waals surface area contributed by atoms with Gasteiger partial charge in [-0.3, -0.25) is 0 Å². The molecule has 0 heterocycles. The van der Waals surface area contributed by atoms with E-state index in [-0.39, 0.29) is 0 Å². The lowest BCUT2D eigenvalue weighted by atomic mass is 10.0. The van der Waals surface area contributed by atoms with Crippen molar-refractivity contribution in [3.63, 3.8) is 0 Å². The van der Waals surface area contributed by atoms with Crippen LogP contribution in [-0.2, 0) is 10.0 Å². The standard InChI is InChI=1S/C22H38BrNO2S/c1-2-3-4-5-6-7-8-9-10-11-12-13-14-15-20-24-27(25,26)22-18-16-21(23)17-19-22/h16-19,24H,2-15,20H2,1H3. The lowest BCUT2D eigenvalue weighted by Crippen LogP contribution is -2.24. The first-order valence-electron chi connectivity index (χ1n) is 10.8. The Balaban J connectivity index is 1.91. The largest absolute Gasteiger partial charge is 0.240 e. The van der Waals surface area contributed by atoms with Crippen LogP contribution in [0.4, 0.5) is 0 Å². The Kier molecular flexibility index (Phi) is 14.2. The van der Waals surface area contributed by atoms with Gasteiger partial charge in [-0.25, -0.2) is 13.1 Å². The molecule has 0 radical (unpaired) electrons. The van der Waals surface area contributed by atoms with Gasteiger partial charge in [-0.2, -0.15) is 0 Å². The molecule has 0 amide bonds. The van der Waals surface area contributed by atoms with Crippen molar-refractivity contribution in [2.75, 3.05) is 6.54 Å². The van der Waals surface area contributed by atoms with Crippen LogP contribution in [0.25, 0.3) is 0 Å². The number of nitrogens with one attached hydrogen (secondary N) is 1. The molecule has 0 fully saturated rings. The maximum absolute atomic E-state index is 12.2. The maximum Gasteiger partial charge on any atom is 0.240 e. The summed E-state index contributed by atoms with van der Waals surface area (Å²) in [6.07, 6.45) is 18.3. The molecule has 5 heteroatoms. The molecular formula is C22H38BrNO2S. The van der Waals surface area contributed by atoms with Crippen molar-refractivity contribution in [1.82, 2.24) is 4.72 Å². The predicted octanol–water partition coefficient (Wildman–Crippen LogP) is 7.21. The molecule has 0 aromatic heterocycles. The lowest BCUT2D eigenvalue weighted by molar-refractivity contribution is 0.533. The first-order valence-corrected chi connectivity index (χ1v) is 13.1. The Morgan fingerprint density at radius 3 is 1.56 bits per heavy atom. The Morgan fingerprint density at radius 1 is 0.704 bits per heavy atom. The van der Waals surface area contributed by atoms with E-state index in [1.165, 1.54) is 77.0 Å². The normalized spacial score (nSPS) is 11.8.